The first-order chi connectivity index (χ1) is 7.87. The Morgan fingerprint density at radius 3 is 2.59 bits per heavy atom. The predicted octanol–water partition coefficient (Wildman–Crippen LogP) is 2.26. The van der Waals surface area contributed by atoms with Gasteiger partial charge in [-0.3, -0.25) is 4.79 Å². The second-order valence-electron chi connectivity index (χ2n) is 5.29. The van der Waals surface area contributed by atoms with E-state index in [0.717, 1.165) is 12.8 Å². The number of Topliss-reactive ketones (excluding diaryl/α,β-unsaturated/α-hetero) is 1. The summed E-state index contributed by atoms with van der Waals surface area (Å²) in [7, 11) is 0. The monoisotopic (exact) mass is 236 g/mol. The first kappa shape index (κ1) is 11.8. The number of hydrogen-bond donors (Lipinski definition) is 0. The van der Waals surface area contributed by atoms with E-state index >= 15 is 0 Å². The maximum absolute atomic E-state index is 11.7. The maximum Gasteiger partial charge on any atom is 0.419 e. The van der Waals surface area contributed by atoms with Gasteiger partial charge in [0, 0.05) is 12.1 Å². The van der Waals surface area contributed by atoms with E-state index in [9.17, 15) is 9.59 Å². The molecule has 0 bridgehead atoms. The van der Waals surface area contributed by atoms with Crippen LogP contribution in [0.25, 0.3) is 0 Å². The summed E-state index contributed by atoms with van der Waals surface area (Å²) in [5.74, 6) is 0.129. The molecule has 1 fully saturated rings. The molecule has 0 saturated heterocycles. The first-order valence-corrected chi connectivity index (χ1v) is 5.68. The van der Waals surface area contributed by atoms with Crippen LogP contribution in [0.1, 0.15) is 44.1 Å². The van der Waals surface area contributed by atoms with Gasteiger partial charge in [0.2, 0.25) is 0 Å². The van der Waals surface area contributed by atoms with Gasteiger partial charge >= 0.3 is 6.09 Å². The van der Waals surface area contributed by atoms with Crippen molar-refractivity contribution < 1.29 is 14.3 Å². The van der Waals surface area contributed by atoms with Gasteiger partial charge in [-0.15, -0.1) is 0 Å². The van der Waals surface area contributed by atoms with Crippen LogP contribution >= 0.6 is 0 Å². The fraction of sp³-hybridized carbons (Fsp3) is 0.583. The Bertz CT molecular complexity index is 453. The zero-order valence-electron chi connectivity index (χ0n) is 10.3. The number of hydrogen-bond acceptors (Lipinski definition) is 4. The van der Waals surface area contributed by atoms with Crippen molar-refractivity contribution in [3.05, 3.63) is 18.2 Å². The molecule has 17 heavy (non-hydrogen) atoms. The molecule has 0 N–H and O–H groups in total. The number of nitrogens with zero attached hydrogens (tertiary/aromatic N) is 2. The summed E-state index contributed by atoms with van der Waals surface area (Å²) in [6, 6.07) is 0. The quantitative estimate of drug-likeness (QED) is 0.739. The molecule has 1 saturated carbocycles. The molecule has 2 rings (SSSR count). The van der Waals surface area contributed by atoms with E-state index in [1.54, 1.807) is 20.8 Å². The number of rotatable bonds is 2. The van der Waals surface area contributed by atoms with Crippen molar-refractivity contribution in [1.82, 2.24) is 9.55 Å². The van der Waals surface area contributed by atoms with E-state index in [2.05, 4.69) is 4.98 Å². The zero-order chi connectivity index (χ0) is 12.6. The zero-order valence-corrected chi connectivity index (χ0v) is 10.3. The average molecular weight is 236 g/mol. The Morgan fingerprint density at radius 1 is 1.41 bits per heavy atom. The normalized spacial score (nSPS) is 15.7. The molecule has 92 valence electrons. The topological polar surface area (TPSA) is 61.2 Å². The van der Waals surface area contributed by atoms with Crippen molar-refractivity contribution in [3.63, 3.8) is 0 Å². The minimum atomic E-state index is -0.554. The lowest BCUT2D eigenvalue weighted by Crippen LogP contribution is -2.26. The lowest BCUT2D eigenvalue weighted by atomic mass is 10.2. The van der Waals surface area contributed by atoms with Gasteiger partial charge < -0.3 is 4.74 Å². The third-order valence-electron chi connectivity index (χ3n) is 2.39. The fourth-order valence-corrected chi connectivity index (χ4v) is 1.42. The number of imidazole rings is 1. The average Bonchev–Trinajstić information content (AvgIpc) is 2.91. The number of carbonyl (C=O) groups excluding carboxylic acids is 2. The van der Waals surface area contributed by atoms with Crippen molar-refractivity contribution in [2.24, 2.45) is 5.92 Å². The SMILES string of the molecule is CC(C)(C)OC(=O)n1cnc(C(=O)C2CC2)c1. The van der Waals surface area contributed by atoms with Crippen LogP contribution < -0.4 is 0 Å². The van der Waals surface area contributed by atoms with E-state index in [1.165, 1.54) is 17.1 Å². The molecule has 1 aliphatic rings. The van der Waals surface area contributed by atoms with Gasteiger partial charge in [-0.2, -0.15) is 0 Å². The first-order valence-electron chi connectivity index (χ1n) is 5.68. The van der Waals surface area contributed by atoms with Crippen molar-refractivity contribution >= 4 is 11.9 Å². The molecule has 0 aliphatic heterocycles. The van der Waals surface area contributed by atoms with Crippen LogP contribution in [0.4, 0.5) is 4.79 Å². The molecule has 1 heterocycles. The van der Waals surface area contributed by atoms with E-state index in [-0.39, 0.29) is 11.7 Å². The third-order valence-corrected chi connectivity index (χ3v) is 2.39. The highest BCUT2D eigenvalue weighted by Crippen LogP contribution is 2.32. The summed E-state index contributed by atoms with van der Waals surface area (Å²) in [4.78, 5) is 27.3. The Morgan fingerprint density at radius 2 is 2.06 bits per heavy atom. The van der Waals surface area contributed by atoms with Crippen LogP contribution in [0.15, 0.2) is 12.5 Å². The van der Waals surface area contributed by atoms with Gasteiger partial charge in [0.05, 0.1) is 0 Å². The van der Waals surface area contributed by atoms with Gasteiger partial charge in [-0.25, -0.2) is 14.3 Å². The van der Waals surface area contributed by atoms with Crippen LogP contribution in [0.5, 0.6) is 0 Å². The van der Waals surface area contributed by atoms with E-state index in [0.29, 0.717) is 5.69 Å². The molecule has 0 unspecified atom stereocenters. The summed E-state index contributed by atoms with van der Waals surface area (Å²) >= 11 is 0. The molecule has 1 aromatic rings. The third kappa shape index (κ3) is 2.93. The molecule has 0 aromatic carbocycles. The highest BCUT2D eigenvalue weighted by Gasteiger charge is 2.32. The molecular formula is C12H16N2O3. The standard InChI is InChI=1S/C12H16N2O3/c1-12(2,3)17-11(16)14-6-9(13-7-14)10(15)8-4-5-8/h6-8H,4-5H2,1-3H3. The van der Waals surface area contributed by atoms with E-state index < -0.39 is 11.7 Å². The van der Waals surface area contributed by atoms with Gasteiger partial charge in [0.25, 0.3) is 0 Å². The van der Waals surface area contributed by atoms with Crippen LogP contribution in [-0.4, -0.2) is 27.0 Å². The van der Waals surface area contributed by atoms with Crippen LogP contribution in [0.3, 0.4) is 0 Å². The Kier molecular flexibility index (Phi) is 2.77. The van der Waals surface area contributed by atoms with Crippen molar-refractivity contribution in [1.29, 1.82) is 0 Å². The van der Waals surface area contributed by atoms with Crippen molar-refractivity contribution in [2.45, 2.75) is 39.2 Å². The molecule has 0 spiro atoms. The Hall–Kier alpha value is -1.65. The van der Waals surface area contributed by atoms with Crippen molar-refractivity contribution in [2.75, 3.05) is 0 Å². The molecule has 1 aliphatic carbocycles. The van der Waals surface area contributed by atoms with Crippen LogP contribution in [0.2, 0.25) is 0 Å². The molecule has 0 amide bonds. The molecule has 0 atom stereocenters. The molecule has 1 aromatic heterocycles. The number of ketones is 1. The van der Waals surface area contributed by atoms with Gasteiger partial charge in [0.1, 0.15) is 17.6 Å². The van der Waals surface area contributed by atoms with Gasteiger partial charge in [-0.1, -0.05) is 0 Å². The largest absolute Gasteiger partial charge is 0.443 e. The second-order valence-corrected chi connectivity index (χ2v) is 5.29. The Labute approximate surface area is 99.8 Å². The highest BCUT2D eigenvalue weighted by atomic mass is 16.6. The minimum absolute atomic E-state index is 0.0207. The fourth-order valence-electron chi connectivity index (χ4n) is 1.42. The predicted molar refractivity (Wildman–Crippen MR) is 60.9 cm³/mol. The van der Waals surface area contributed by atoms with E-state index in [4.69, 9.17) is 4.74 Å². The molecule has 5 heteroatoms. The molecule has 0 radical (unpaired) electrons. The van der Waals surface area contributed by atoms with Crippen LogP contribution in [0, 0.1) is 5.92 Å². The van der Waals surface area contributed by atoms with Gasteiger partial charge in [-0.05, 0) is 33.6 Å². The van der Waals surface area contributed by atoms with Crippen molar-refractivity contribution in [3.8, 4) is 0 Å². The highest BCUT2D eigenvalue weighted by molar-refractivity contribution is 5.97. The lowest BCUT2D eigenvalue weighted by Gasteiger charge is -2.18. The number of carbonyl (C=O) groups is 2. The lowest BCUT2D eigenvalue weighted by molar-refractivity contribution is 0.0536. The molecule has 5 nitrogen and oxygen atoms in total. The second kappa shape index (κ2) is 3.98. The van der Waals surface area contributed by atoms with Crippen LogP contribution in [-0.2, 0) is 4.74 Å². The smallest absolute Gasteiger partial charge is 0.419 e. The molecular weight excluding hydrogens is 220 g/mol. The van der Waals surface area contributed by atoms with E-state index in [1.807, 2.05) is 0 Å². The summed E-state index contributed by atoms with van der Waals surface area (Å²) in [6.07, 6.45) is 4.11. The maximum atomic E-state index is 11.7. The summed E-state index contributed by atoms with van der Waals surface area (Å²) < 4.78 is 6.37. The minimum Gasteiger partial charge on any atom is -0.443 e. The number of aromatic nitrogens is 2. The summed E-state index contributed by atoms with van der Waals surface area (Å²) in [6.45, 7) is 5.37. The number of ether oxygens (including phenoxy) is 1. The Balaban J connectivity index is 2.07. The summed E-state index contributed by atoms with van der Waals surface area (Å²) in [5.41, 5.74) is -0.208. The summed E-state index contributed by atoms with van der Waals surface area (Å²) in [5, 5.41) is 0. The van der Waals surface area contributed by atoms with Gasteiger partial charge in [0.15, 0.2) is 5.78 Å².